The van der Waals surface area contributed by atoms with Crippen LogP contribution in [0.3, 0.4) is 0 Å². The summed E-state index contributed by atoms with van der Waals surface area (Å²) in [4.78, 5) is 0. The van der Waals surface area contributed by atoms with Gasteiger partial charge in [-0.3, -0.25) is 0 Å². The molecule has 16 heavy (non-hydrogen) atoms. The van der Waals surface area contributed by atoms with Gasteiger partial charge >= 0.3 is 9.05 Å². The van der Waals surface area contributed by atoms with Gasteiger partial charge < -0.3 is 27.7 Å². The van der Waals surface area contributed by atoms with Gasteiger partial charge in [0.25, 0.3) is 0 Å². The Balaban J connectivity index is 0. The maximum absolute atomic E-state index is 5.53. The molecular weight excluding hydrogens is 230 g/mol. The fraction of sp³-hybridized carbons (Fsp3) is 1.00. The fourth-order valence-electron chi connectivity index (χ4n) is 1.16. The summed E-state index contributed by atoms with van der Waals surface area (Å²) in [6, 6.07) is 0. The Morgan fingerprint density at radius 3 is 1.69 bits per heavy atom. The van der Waals surface area contributed by atoms with Gasteiger partial charge in [-0.15, -0.1) is 0 Å². The largest absolute Gasteiger partial charge is 0.870 e. The van der Waals surface area contributed by atoms with Crippen LogP contribution >= 0.6 is 0 Å². The summed E-state index contributed by atoms with van der Waals surface area (Å²) < 4.78 is 21.9. The second-order valence-electron chi connectivity index (χ2n) is 4.33. The van der Waals surface area contributed by atoms with Crippen LogP contribution in [-0.4, -0.2) is 74.6 Å². The van der Waals surface area contributed by atoms with Gasteiger partial charge in [-0.1, -0.05) is 0 Å². The van der Waals surface area contributed by atoms with Crippen molar-refractivity contribution in [3.63, 3.8) is 0 Å². The molecular formula is C9H25NO5Si. The number of quaternary nitrogens is 1. The van der Waals surface area contributed by atoms with Crippen LogP contribution in [0.4, 0.5) is 0 Å². The predicted octanol–water partition coefficient (Wildman–Crippen LogP) is 0.297. The molecule has 0 bridgehead atoms. The molecule has 0 rings (SSSR count). The molecule has 1 N–H and O–H groups in total. The van der Waals surface area contributed by atoms with Crippen molar-refractivity contribution in [1.29, 1.82) is 0 Å². The van der Waals surface area contributed by atoms with Crippen LogP contribution in [-0.2, 0) is 17.7 Å². The van der Waals surface area contributed by atoms with Crippen LogP contribution in [0, 0.1) is 0 Å². The average Bonchev–Trinajstić information content (AvgIpc) is 2.18. The Kier molecular flexibility index (Phi) is 9.32. The Morgan fingerprint density at radius 1 is 0.938 bits per heavy atom. The molecule has 0 aliphatic carbocycles. The van der Waals surface area contributed by atoms with Crippen molar-refractivity contribution in [2.24, 2.45) is 0 Å². The molecule has 7 heteroatoms. The lowest BCUT2D eigenvalue weighted by molar-refractivity contribution is -0.870. The van der Waals surface area contributed by atoms with Crippen LogP contribution in [0.2, 0.25) is 0 Å². The normalized spacial score (nSPS) is 12.4. The highest BCUT2D eigenvalue weighted by molar-refractivity contribution is 6.53. The van der Waals surface area contributed by atoms with Crippen molar-refractivity contribution in [2.75, 3.05) is 55.6 Å². The number of nitrogens with zero attached hydrogens (tertiary/aromatic N) is 1. The lowest BCUT2D eigenvalue weighted by Gasteiger charge is -2.26. The third kappa shape index (κ3) is 7.28. The van der Waals surface area contributed by atoms with E-state index in [1.54, 1.807) is 21.3 Å². The Labute approximate surface area is 99.4 Å². The van der Waals surface area contributed by atoms with Crippen LogP contribution in [0.15, 0.2) is 0 Å². The summed E-state index contributed by atoms with van der Waals surface area (Å²) in [5.41, 5.74) is 0. The van der Waals surface area contributed by atoms with E-state index in [-0.39, 0.29) is 5.48 Å². The van der Waals surface area contributed by atoms with Gasteiger partial charge in [0, 0.05) is 34.4 Å². The summed E-state index contributed by atoms with van der Waals surface area (Å²) in [7, 11) is 8.24. The maximum atomic E-state index is 5.53. The average molecular weight is 255 g/mol. The molecule has 0 atom stereocenters. The summed E-state index contributed by atoms with van der Waals surface area (Å²) in [6.07, 6.45) is 0.953. The third-order valence-corrected chi connectivity index (χ3v) is 4.06. The summed E-state index contributed by atoms with van der Waals surface area (Å²) in [5, 5.41) is 0. The van der Waals surface area contributed by atoms with E-state index in [9.17, 15) is 0 Å². The zero-order valence-electron chi connectivity index (χ0n) is 11.1. The maximum Gasteiger partial charge on any atom is 0.678 e. The second kappa shape index (κ2) is 8.12. The Hall–Kier alpha value is -0.0231. The standard InChI is InChI=1S/C9H24NO4Si.H2O/c1-10(2,3)8-7-9-14-15(11-4,12-5)13-6;/h7-9H2,1-6H3;1H2/q+1;/p-1. The van der Waals surface area contributed by atoms with Gasteiger partial charge in [-0.2, -0.15) is 0 Å². The lowest BCUT2D eigenvalue weighted by atomic mass is 10.4. The lowest BCUT2D eigenvalue weighted by Crippen LogP contribution is -2.47. The minimum Gasteiger partial charge on any atom is -0.870 e. The van der Waals surface area contributed by atoms with E-state index in [2.05, 4.69) is 21.1 Å². The SMILES string of the molecule is CO[Si](OC)(OC)OCCC[N+](C)(C)C.[OH-]. The first-order chi connectivity index (χ1) is 6.89. The molecule has 0 aromatic rings. The summed E-state index contributed by atoms with van der Waals surface area (Å²) in [5.74, 6) is 0. The van der Waals surface area contributed by atoms with Crippen molar-refractivity contribution < 1.29 is 27.7 Å². The van der Waals surface area contributed by atoms with Gasteiger partial charge in [0.2, 0.25) is 0 Å². The minimum absolute atomic E-state index is 0. The van der Waals surface area contributed by atoms with Crippen molar-refractivity contribution in [1.82, 2.24) is 0 Å². The highest BCUT2D eigenvalue weighted by atomic mass is 28.4. The molecule has 0 fully saturated rings. The van der Waals surface area contributed by atoms with Crippen molar-refractivity contribution in [2.45, 2.75) is 6.42 Å². The molecule has 100 valence electrons. The zero-order chi connectivity index (χ0) is 11.9. The molecule has 0 spiro atoms. The first-order valence-corrected chi connectivity index (χ1v) is 6.62. The number of rotatable bonds is 8. The van der Waals surface area contributed by atoms with Crippen LogP contribution in [0.1, 0.15) is 6.42 Å². The summed E-state index contributed by atoms with van der Waals surface area (Å²) >= 11 is 0. The monoisotopic (exact) mass is 255 g/mol. The van der Waals surface area contributed by atoms with Crippen LogP contribution in [0.5, 0.6) is 0 Å². The van der Waals surface area contributed by atoms with E-state index in [1.807, 2.05) is 0 Å². The molecule has 0 aromatic carbocycles. The van der Waals surface area contributed by atoms with E-state index in [1.165, 1.54) is 0 Å². The number of hydrogen-bond donors (Lipinski definition) is 0. The summed E-state index contributed by atoms with van der Waals surface area (Å²) in [6.45, 7) is 1.64. The molecule has 0 aromatic heterocycles. The van der Waals surface area contributed by atoms with E-state index in [0.29, 0.717) is 6.61 Å². The Bertz CT molecular complexity index is 162. The van der Waals surface area contributed by atoms with Crippen molar-refractivity contribution in [3.8, 4) is 0 Å². The smallest absolute Gasteiger partial charge is 0.678 e. The third-order valence-electron chi connectivity index (χ3n) is 2.00. The first kappa shape index (κ1) is 18.3. The van der Waals surface area contributed by atoms with E-state index in [4.69, 9.17) is 17.7 Å². The minimum atomic E-state index is -2.82. The van der Waals surface area contributed by atoms with Gasteiger partial charge in [0.1, 0.15) is 0 Å². The topological polar surface area (TPSA) is 66.9 Å². The van der Waals surface area contributed by atoms with E-state index in [0.717, 1.165) is 17.4 Å². The highest BCUT2D eigenvalue weighted by Gasteiger charge is 2.42. The zero-order valence-corrected chi connectivity index (χ0v) is 12.1. The van der Waals surface area contributed by atoms with Gasteiger partial charge in [0.05, 0.1) is 27.7 Å². The van der Waals surface area contributed by atoms with Gasteiger partial charge in [-0.05, 0) is 0 Å². The van der Waals surface area contributed by atoms with Crippen molar-refractivity contribution >= 4 is 9.05 Å². The molecule has 0 saturated carbocycles. The van der Waals surface area contributed by atoms with Gasteiger partial charge in [0.15, 0.2) is 0 Å². The van der Waals surface area contributed by atoms with Crippen LogP contribution in [0.25, 0.3) is 0 Å². The molecule has 0 aliphatic heterocycles. The molecule has 6 nitrogen and oxygen atoms in total. The molecule has 0 heterocycles. The highest BCUT2D eigenvalue weighted by Crippen LogP contribution is 2.08. The molecule has 0 amide bonds. The molecule has 0 radical (unpaired) electrons. The number of hydrogen-bond acceptors (Lipinski definition) is 5. The Morgan fingerprint density at radius 2 is 1.38 bits per heavy atom. The first-order valence-electron chi connectivity index (χ1n) is 4.99. The van der Waals surface area contributed by atoms with Gasteiger partial charge in [-0.25, -0.2) is 0 Å². The molecule has 0 unspecified atom stereocenters. The molecule has 0 aliphatic rings. The van der Waals surface area contributed by atoms with E-state index < -0.39 is 9.05 Å². The van der Waals surface area contributed by atoms with E-state index >= 15 is 0 Å². The second-order valence-corrected chi connectivity index (χ2v) is 6.84. The van der Waals surface area contributed by atoms with Crippen LogP contribution < -0.4 is 0 Å². The molecule has 0 saturated heterocycles. The fourth-order valence-corrected chi connectivity index (χ4v) is 2.41. The predicted molar refractivity (Wildman–Crippen MR) is 62.2 cm³/mol. The quantitative estimate of drug-likeness (QED) is 0.354. The van der Waals surface area contributed by atoms with Crippen molar-refractivity contribution in [3.05, 3.63) is 0 Å².